The molecule has 6 rings (SSSR count). The van der Waals surface area contributed by atoms with Gasteiger partial charge in [-0.1, -0.05) is 0 Å². The van der Waals surface area contributed by atoms with Gasteiger partial charge in [0.25, 0.3) is 0 Å². The van der Waals surface area contributed by atoms with Crippen molar-refractivity contribution in [1.29, 1.82) is 0 Å². The Morgan fingerprint density at radius 2 is 0.466 bits per heavy atom. The first-order valence-corrected chi connectivity index (χ1v) is 30.7. The SMILES string of the molecule is CCC1(CC)CC(CC)(CC)c2c1cc1c([c]2[Ge](=[S])[c]2c3c(cc4c2C(CC)(CC)CC4(CC)CC)C(CC)(CC)CC3(CC)CC)C(CC)(CC)CC1(CC)CC. The number of fused-ring (bicyclic) bond motifs is 4. The summed E-state index contributed by atoms with van der Waals surface area (Å²) in [6.45, 7) is 40.8. The summed E-state index contributed by atoms with van der Waals surface area (Å²) in [5.41, 5.74) is 16.3. The molecule has 4 aliphatic carbocycles. The molecule has 0 bridgehead atoms. The van der Waals surface area contributed by atoms with Crippen LogP contribution in [0.1, 0.15) is 284 Å². The Hall–Kier alpha value is -0.797. The van der Waals surface area contributed by atoms with Gasteiger partial charge < -0.3 is 0 Å². The molecule has 0 fully saturated rings. The van der Waals surface area contributed by atoms with Gasteiger partial charge >= 0.3 is 371 Å². The van der Waals surface area contributed by atoms with Crippen molar-refractivity contribution in [3.05, 3.63) is 56.6 Å². The molecule has 4 aliphatic rings. The summed E-state index contributed by atoms with van der Waals surface area (Å²) in [7, 11) is 7.99. The predicted molar refractivity (Wildman–Crippen MR) is 262 cm³/mol. The number of hydrogen-bond acceptors (Lipinski definition) is 1. The van der Waals surface area contributed by atoms with E-state index in [0.29, 0.717) is 0 Å². The first-order chi connectivity index (χ1) is 27.7. The van der Waals surface area contributed by atoms with Crippen molar-refractivity contribution in [1.82, 2.24) is 0 Å². The van der Waals surface area contributed by atoms with Crippen LogP contribution in [0.4, 0.5) is 0 Å². The van der Waals surface area contributed by atoms with Gasteiger partial charge in [-0.25, -0.2) is 0 Å². The van der Waals surface area contributed by atoms with E-state index in [4.69, 9.17) is 10.5 Å². The molecule has 0 unspecified atom stereocenters. The Bertz CT molecular complexity index is 1590. The van der Waals surface area contributed by atoms with E-state index in [1.165, 1.54) is 128 Å². The number of rotatable bonds is 18. The second-order valence-electron chi connectivity index (χ2n) is 21.1. The zero-order chi connectivity index (χ0) is 42.9. The Labute approximate surface area is 369 Å². The molecule has 0 saturated carbocycles. The Balaban J connectivity index is 1.97. The van der Waals surface area contributed by atoms with E-state index in [2.05, 4.69) is 123 Å². The van der Waals surface area contributed by atoms with Crippen LogP contribution in [0.15, 0.2) is 12.1 Å². The molecule has 58 heavy (non-hydrogen) atoms. The summed E-state index contributed by atoms with van der Waals surface area (Å²) in [6, 6.07) is 5.86. The van der Waals surface area contributed by atoms with E-state index in [-0.39, 0.29) is 43.3 Å². The molecule has 0 radical (unpaired) electrons. The van der Waals surface area contributed by atoms with Crippen molar-refractivity contribution in [3.8, 4) is 0 Å². The number of hydrogen-bond donors (Lipinski definition) is 0. The standard InChI is InChI=1S/C56H90GeS/c1-17-49(18-2)35-53(25-9,26-10)43-39(49)33-40-44(54(27-11,28-12)36-50(40,19-3)20-4)47(43)57(58)48-45-41(51(21-5,22-6)37-55(45,29-13)30-14)34-42-46(48)56(31-15,32-16)38-52(42,23-7)24-8/h33-34H,17-32,35-38H2,1-16H3. The van der Waals surface area contributed by atoms with Crippen molar-refractivity contribution in [2.24, 2.45) is 0 Å². The van der Waals surface area contributed by atoms with Gasteiger partial charge in [0, 0.05) is 0 Å². The summed E-state index contributed by atoms with van der Waals surface area (Å²) < 4.78 is 3.72. The molecule has 2 heteroatoms. The molecule has 0 aliphatic heterocycles. The van der Waals surface area contributed by atoms with Gasteiger partial charge in [0.15, 0.2) is 0 Å². The van der Waals surface area contributed by atoms with Crippen LogP contribution in [0.2, 0.25) is 0 Å². The topological polar surface area (TPSA) is 0 Å². The van der Waals surface area contributed by atoms with Crippen LogP contribution in [0.5, 0.6) is 0 Å². The van der Waals surface area contributed by atoms with Crippen LogP contribution >= 0.6 is 10.5 Å². The van der Waals surface area contributed by atoms with Crippen molar-refractivity contribution >= 4 is 31.9 Å². The number of benzene rings is 2. The third kappa shape index (κ3) is 5.80. The average Bonchev–Trinajstić information content (AvgIpc) is 3.95. The molecule has 2 aromatic carbocycles. The Kier molecular flexibility index (Phi) is 13.2. The molecule has 0 heterocycles. The van der Waals surface area contributed by atoms with Crippen LogP contribution in [0.3, 0.4) is 0 Å². The molecular weight excluding hydrogens is 777 g/mol. The third-order valence-electron chi connectivity index (χ3n) is 21.1. The molecule has 0 saturated heterocycles. The van der Waals surface area contributed by atoms with Gasteiger partial charge in [0.05, 0.1) is 0 Å². The van der Waals surface area contributed by atoms with E-state index in [1.807, 2.05) is 31.0 Å². The van der Waals surface area contributed by atoms with Gasteiger partial charge in [-0.15, -0.1) is 0 Å². The second kappa shape index (κ2) is 16.4. The first-order valence-electron chi connectivity index (χ1n) is 25.7. The van der Waals surface area contributed by atoms with Crippen molar-refractivity contribution < 1.29 is 0 Å². The zero-order valence-corrected chi connectivity index (χ0v) is 44.1. The fourth-order valence-corrected chi connectivity index (χ4v) is 24.0. The normalized spacial score (nSPS) is 22.8. The molecule has 0 spiro atoms. The van der Waals surface area contributed by atoms with Gasteiger partial charge in [0.2, 0.25) is 0 Å². The van der Waals surface area contributed by atoms with E-state index in [1.54, 1.807) is 22.3 Å². The third-order valence-corrected chi connectivity index (χ3v) is 27.2. The van der Waals surface area contributed by atoms with E-state index in [0.717, 1.165) is 0 Å². The summed E-state index contributed by atoms with van der Waals surface area (Å²) in [6.07, 6.45) is 25.1. The fourth-order valence-electron chi connectivity index (χ4n) is 16.1. The van der Waals surface area contributed by atoms with Gasteiger partial charge in [-0.2, -0.15) is 0 Å². The van der Waals surface area contributed by atoms with Crippen molar-refractivity contribution in [2.45, 2.75) is 283 Å². The van der Waals surface area contributed by atoms with E-state index >= 15 is 0 Å². The second-order valence-corrected chi connectivity index (χ2v) is 26.7. The van der Waals surface area contributed by atoms with Crippen LogP contribution in [-0.4, -0.2) is 12.7 Å². The molecule has 324 valence electrons. The minimum atomic E-state index is -2.72. The Morgan fingerprint density at radius 1 is 0.310 bits per heavy atom. The average molecular weight is 868 g/mol. The monoisotopic (exact) mass is 869 g/mol. The van der Waals surface area contributed by atoms with Gasteiger partial charge in [-0.3, -0.25) is 0 Å². The van der Waals surface area contributed by atoms with E-state index in [9.17, 15) is 0 Å². The Morgan fingerprint density at radius 3 is 0.603 bits per heavy atom. The van der Waals surface area contributed by atoms with Crippen LogP contribution in [-0.2, 0) is 43.3 Å². The maximum absolute atomic E-state index is 7.99. The maximum atomic E-state index is 7.99. The van der Waals surface area contributed by atoms with Crippen LogP contribution in [0.25, 0.3) is 0 Å². The van der Waals surface area contributed by atoms with Gasteiger partial charge in [-0.05, 0) is 0 Å². The molecule has 2 aromatic rings. The molecule has 0 nitrogen and oxygen atoms in total. The molecule has 0 aromatic heterocycles. The quantitative estimate of drug-likeness (QED) is 0.135. The first kappa shape index (κ1) is 46.7. The predicted octanol–water partition coefficient (Wildman–Crippen LogP) is 16.1. The molecule has 0 N–H and O–H groups in total. The summed E-state index contributed by atoms with van der Waals surface area (Å²) in [5, 5.41) is 0. The zero-order valence-electron chi connectivity index (χ0n) is 41.2. The summed E-state index contributed by atoms with van der Waals surface area (Å²) in [4.78, 5) is 0. The molecular formula is C56H90GeS. The summed E-state index contributed by atoms with van der Waals surface area (Å²) >= 11 is -2.72. The fraction of sp³-hybridized carbons (Fsp3) is 0.786. The van der Waals surface area contributed by atoms with Crippen molar-refractivity contribution in [2.75, 3.05) is 0 Å². The minimum absolute atomic E-state index is 0.202. The van der Waals surface area contributed by atoms with Crippen LogP contribution in [0, 0.1) is 0 Å². The van der Waals surface area contributed by atoms with Crippen LogP contribution < -0.4 is 8.79 Å². The molecule has 0 atom stereocenters. The van der Waals surface area contributed by atoms with E-state index < -0.39 is 12.7 Å². The van der Waals surface area contributed by atoms with Crippen molar-refractivity contribution in [3.63, 3.8) is 0 Å². The van der Waals surface area contributed by atoms with Gasteiger partial charge in [0.1, 0.15) is 0 Å². The molecule has 0 amide bonds. The summed E-state index contributed by atoms with van der Waals surface area (Å²) in [5.74, 6) is 0.